The normalized spacial score (nSPS) is 11.1. The molecule has 156 valence electrons. The fourth-order valence-corrected chi connectivity index (χ4v) is 1.92. The number of halogens is 3. The summed E-state index contributed by atoms with van der Waals surface area (Å²) in [5, 5.41) is 9.19. The van der Waals surface area contributed by atoms with Crippen LogP contribution in [0, 0.1) is 5.82 Å². The van der Waals surface area contributed by atoms with Crippen LogP contribution in [-0.2, 0) is 11.2 Å². The average Bonchev–Trinajstić information content (AvgIpc) is 2.69. The highest BCUT2D eigenvalue weighted by Gasteiger charge is 2.14. The van der Waals surface area contributed by atoms with Crippen molar-refractivity contribution in [3.05, 3.63) is 115 Å². The highest BCUT2D eigenvalue weighted by Crippen LogP contribution is 2.27. The third-order valence-corrected chi connectivity index (χ3v) is 3.61. The van der Waals surface area contributed by atoms with E-state index in [4.69, 9.17) is 0 Å². The molecule has 0 aliphatic heterocycles. The van der Waals surface area contributed by atoms with E-state index in [1.807, 2.05) is 6.92 Å². The van der Waals surface area contributed by atoms with Gasteiger partial charge in [0.05, 0.1) is 7.11 Å². The molecule has 1 aromatic carbocycles. The van der Waals surface area contributed by atoms with Gasteiger partial charge in [-0.05, 0) is 37.0 Å². The summed E-state index contributed by atoms with van der Waals surface area (Å²) >= 11 is 0. The molecule has 1 aromatic rings. The largest absolute Gasteiger partial charge is 0.508 e. The van der Waals surface area contributed by atoms with Crippen LogP contribution in [-0.4, -0.2) is 12.2 Å². The zero-order valence-electron chi connectivity index (χ0n) is 16.9. The van der Waals surface area contributed by atoms with E-state index in [1.54, 1.807) is 12.2 Å². The van der Waals surface area contributed by atoms with Crippen molar-refractivity contribution in [2.75, 3.05) is 7.11 Å². The molecule has 0 unspecified atom stereocenters. The lowest BCUT2D eigenvalue weighted by atomic mass is 10.0. The standard InChI is InChI=1S/C21H21F3O2.C3H6/c1-13(7-9-17-10-11-18(25)12-19(17)22)6-8-14(2)15(3)20(23)21(24)16(4)26-5;1-3-2/h6,8,10-12,25H,1-4,7,9H2,5H3;3H,1H2,2H3/b8-6-,21-20-;. The van der Waals surface area contributed by atoms with Crippen molar-refractivity contribution in [3.63, 3.8) is 0 Å². The zero-order chi connectivity index (χ0) is 22.6. The second-order valence-corrected chi connectivity index (χ2v) is 5.93. The van der Waals surface area contributed by atoms with Crippen LogP contribution in [0.25, 0.3) is 0 Å². The van der Waals surface area contributed by atoms with Crippen LogP contribution in [0.2, 0.25) is 0 Å². The fourth-order valence-electron chi connectivity index (χ4n) is 1.92. The van der Waals surface area contributed by atoms with Gasteiger partial charge in [0.1, 0.15) is 17.3 Å². The lowest BCUT2D eigenvalue weighted by Crippen LogP contribution is -1.93. The van der Waals surface area contributed by atoms with Gasteiger partial charge < -0.3 is 9.84 Å². The maximum Gasteiger partial charge on any atom is 0.200 e. The molecule has 2 nitrogen and oxygen atoms in total. The molecule has 0 saturated carbocycles. The third kappa shape index (κ3) is 9.02. The Morgan fingerprint density at radius 1 is 1.10 bits per heavy atom. The van der Waals surface area contributed by atoms with E-state index in [9.17, 15) is 18.3 Å². The number of methoxy groups -OCH3 is 1. The van der Waals surface area contributed by atoms with Gasteiger partial charge in [0, 0.05) is 11.6 Å². The third-order valence-electron chi connectivity index (χ3n) is 3.61. The molecule has 0 atom stereocenters. The van der Waals surface area contributed by atoms with E-state index < -0.39 is 23.2 Å². The van der Waals surface area contributed by atoms with Crippen LogP contribution in [0.1, 0.15) is 18.9 Å². The predicted molar refractivity (Wildman–Crippen MR) is 114 cm³/mol. The van der Waals surface area contributed by atoms with E-state index in [-0.39, 0.29) is 16.9 Å². The second-order valence-electron chi connectivity index (χ2n) is 5.93. The summed E-state index contributed by atoms with van der Waals surface area (Å²) in [4.78, 5) is 0. The molecule has 0 aliphatic rings. The Morgan fingerprint density at radius 2 is 1.69 bits per heavy atom. The summed E-state index contributed by atoms with van der Waals surface area (Å²) < 4.78 is 45.8. The number of aromatic hydroxyl groups is 1. The molecule has 1 rings (SSSR count). The highest BCUT2D eigenvalue weighted by atomic mass is 19.2. The van der Waals surface area contributed by atoms with E-state index >= 15 is 0 Å². The van der Waals surface area contributed by atoms with Crippen molar-refractivity contribution in [3.8, 4) is 5.75 Å². The topological polar surface area (TPSA) is 29.5 Å². The smallest absolute Gasteiger partial charge is 0.200 e. The summed E-state index contributed by atoms with van der Waals surface area (Å²) in [6.45, 7) is 19.4. The number of hydrogen-bond donors (Lipinski definition) is 1. The van der Waals surface area contributed by atoms with Crippen LogP contribution in [0.5, 0.6) is 5.75 Å². The van der Waals surface area contributed by atoms with E-state index in [0.717, 1.165) is 6.07 Å². The predicted octanol–water partition coefficient (Wildman–Crippen LogP) is 7.19. The number of benzene rings is 1. The van der Waals surface area contributed by atoms with E-state index in [1.165, 1.54) is 25.3 Å². The van der Waals surface area contributed by atoms with Gasteiger partial charge in [-0.25, -0.2) is 8.78 Å². The lowest BCUT2D eigenvalue weighted by molar-refractivity contribution is 0.281. The number of rotatable bonds is 9. The van der Waals surface area contributed by atoms with Crippen molar-refractivity contribution in [1.82, 2.24) is 0 Å². The van der Waals surface area contributed by atoms with Gasteiger partial charge >= 0.3 is 0 Å². The molecule has 0 radical (unpaired) electrons. The van der Waals surface area contributed by atoms with Gasteiger partial charge in [0.25, 0.3) is 0 Å². The van der Waals surface area contributed by atoms with Gasteiger partial charge in [0.2, 0.25) is 5.83 Å². The number of hydrogen-bond acceptors (Lipinski definition) is 2. The molecule has 1 N–H and O–H groups in total. The molecule has 0 fully saturated rings. The summed E-state index contributed by atoms with van der Waals surface area (Å²) in [5.41, 5.74) is 0.986. The molecule has 0 bridgehead atoms. The molecule has 0 heterocycles. The van der Waals surface area contributed by atoms with Gasteiger partial charge in [-0.15, -0.1) is 6.58 Å². The molecular formula is C24H27F3O2. The van der Waals surface area contributed by atoms with E-state index in [0.29, 0.717) is 24.0 Å². The first-order chi connectivity index (χ1) is 13.6. The summed E-state index contributed by atoms with van der Waals surface area (Å²) in [7, 11) is 1.17. The molecule has 0 saturated heterocycles. The molecular weight excluding hydrogens is 377 g/mol. The summed E-state index contributed by atoms with van der Waals surface area (Å²) in [5.74, 6) is -3.53. The monoisotopic (exact) mass is 404 g/mol. The van der Waals surface area contributed by atoms with Crippen molar-refractivity contribution in [2.24, 2.45) is 0 Å². The van der Waals surface area contributed by atoms with Crippen LogP contribution in [0.3, 0.4) is 0 Å². The van der Waals surface area contributed by atoms with Crippen LogP contribution >= 0.6 is 0 Å². The highest BCUT2D eigenvalue weighted by molar-refractivity contribution is 5.49. The van der Waals surface area contributed by atoms with Crippen molar-refractivity contribution >= 4 is 0 Å². The number of ether oxygens (including phenoxy) is 1. The molecule has 0 aliphatic carbocycles. The first kappa shape index (κ1) is 25.8. The van der Waals surface area contributed by atoms with Gasteiger partial charge in [-0.1, -0.05) is 56.2 Å². The van der Waals surface area contributed by atoms with Gasteiger partial charge in [0.15, 0.2) is 5.83 Å². The molecule has 0 amide bonds. The Balaban J connectivity index is 0.00000245. The van der Waals surface area contributed by atoms with Gasteiger partial charge in [-0.2, -0.15) is 4.39 Å². The Bertz CT molecular complexity index is 846. The minimum atomic E-state index is -1.24. The average molecular weight is 404 g/mol. The number of aryl methyl sites for hydroxylation is 1. The minimum Gasteiger partial charge on any atom is -0.508 e. The molecule has 0 spiro atoms. The van der Waals surface area contributed by atoms with Crippen LogP contribution < -0.4 is 0 Å². The number of allylic oxidation sites excluding steroid dienone is 8. The first-order valence-corrected chi connectivity index (χ1v) is 8.66. The SMILES string of the molecule is C=C(/C=C\C(=C)C(=C)/C(F)=C(/F)C(=C)OC)CCc1ccc(O)cc1F.C=CC. The second kappa shape index (κ2) is 13.0. The lowest BCUT2D eigenvalue weighted by Gasteiger charge is -2.07. The van der Waals surface area contributed by atoms with Gasteiger partial charge in [-0.3, -0.25) is 0 Å². The van der Waals surface area contributed by atoms with Crippen LogP contribution in [0.15, 0.2) is 103 Å². The molecule has 0 aromatic heterocycles. The Hall–Kier alpha value is -3.21. The maximum atomic E-state index is 13.9. The quantitative estimate of drug-likeness (QED) is 0.268. The maximum absolute atomic E-state index is 13.9. The van der Waals surface area contributed by atoms with Crippen molar-refractivity contribution in [2.45, 2.75) is 19.8 Å². The Kier molecular flexibility index (Phi) is 11.6. The Labute approximate surface area is 171 Å². The van der Waals surface area contributed by atoms with Crippen LogP contribution in [0.4, 0.5) is 13.2 Å². The van der Waals surface area contributed by atoms with E-state index in [2.05, 4.69) is 37.6 Å². The minimum absolute atomic E-state index is 0.141. The first-order valence-electron chi connectivity index (χ1n) is 8.66. The molecule has 5 heteroatoms. The molecule has 29 heavy (non-hydrogen) atoms. The number of phenols is 1. The summed E-state index contributed by atoms with van der Waals surface area (Å²) in [6.07, 6.45) is 5.58. The zero-order valence-corrected chi connectivity index (χ0v) is 16.9. The van der Waals surface area contributed by atoms with Crippen molar-refractivity contribution in [1.29, 1.82) is 0 Å². The fraction of sp³-hybridized carbons (Fsp3) is 0.167. The number of phenolic OH excluding ortho intramolecular Hbond substituents is 1. The Morgan fingerprint density at radius 3 is 2.21 bits per heavy atom. The van der Waals surface area contributed by atoms with Crippen molar-refractivity contribution < 1.29 is 23.0 Å². The summed E-state index contributed by atoms with van der Waals surface area (Å²) in [6, 6.07) is 3.94.